The first-order chi connectivity index (χ1) is 12.9. The van der Waals surface area contributed by atoms with E-state index in [0.717, 1.165) is 28.1 Å². The summed E-state index contributed by atoms with van der Waals surface area (Å²) in [5.41, 5.74) is 5.33. The summed E-state index contributed by atoms with van der Waals surface area (Å²) in [4.78, 5) is 12.1. The van der Waals surface area contributed by atoms with Crippen molar-refractivity contribution in [1.29, 1.82) is 0 Å². The van der Waals surface area contributed by atoms with E-state index in [9.17, 15) is 4.79 Å². The average Bonchev–Trinajstić information content (AvgIpc) is 3.03. The molecular formula is C20H22N4O2S. The van der Waals surface area contributed by atoms with Gasteiger partial charge in [-0.3, -0.25) is 5.32 Å². The summed E-state index contributed by atoms with van der Waals surface area (Å²) in [6.45, 7) is 8.40. The fraction of sp³-hybridized carbons (Fsp3) is 0.250. The summed E-state index contributed by atoms with van der Waals surface area (Å²) in [5, 5.41) is 14.7. The van der Waals surface area contributed by atoms with Crippen LogP contribution in [0.15, 0.2) is 36.4 Å². The van der Waals surface area contributed by atoms with Gasteiger partial charge in [-0.25, -0.2) is 4.79 Å². The zero-order valence-corrected chi connectivity index (χ0v) is 16.6. The number of carbonyl (C=O) groups is 1. The monoisotopic (exact) mass is 382 g/mol. The normalized spacial score (nSPS) is 10.5. The second-order valence-corrected chi connectivity index (χ2v) is 7.55. The number of hydrogen-bond acceptors (Lipinski definition) is 5. The number of nitrogens with one attached hydrogen (secondary N) is 2. The fourth-order valence-electron chi connectivity index (χ4n) is 2.60. The largest absolute Gasteiger partial charge is 0.486 e. The Bertz CT molecular complexity index is 948. The summed E-state index contributed by atoms with van der Waals surface area (Å²) in [7, 11) is 0. The predicted octanol–water partition coefficient (Wildman–Crippen LogP) is 4.99. The minimum atomic E-state index is -0.351. The molecule has 0 aliphatic rings. The van der Waals surface area contributed by atoms with Gasteiger partial charge in [-0.1, -0.05) is 23.5 Å². The van der Waals surface area contributed by atoms with Crippen molar-refractivity contribution < 1.29 is 9.53 Å². The number of rotatable bonds is 5. The minimum Gasteiger partial charge on any atom is -0.486 e. The summed E-state index contributed by atoms with van der Waals surface area (Å²) < 4.78 is 5.77. The lowest BCUT2D eigenvalue weighted by Crippen LogP contribution is -2.19. The first-order valence-electron chi connectivity index (χ1n) is 8.58. The Labute approximate surface area is 162 Å². The van der Waals surface area contributed by atoms with Crippen LogP contribution in [-0.4, -0.2) is 16.2 Å². The van der Waals surface area contributed by atoms with Crippen molar-refractivity contribution in [2.45, 2.75) is 34.3 Å². The van der Waals surface area contributed by atoms with E-state index in [1.165, 1.54) is 16.9 Å². The predicted molar refractivity (Wildman–Crippen MR) is 109 cm³/mol. The number of amides is 2. The highest BCUT2D eigenvalue weighted by molar-refractivity contribution is 7.15. The Balaban J connectivity index is 1.55. The summed E-state index contributed by atoms with van der Waals surface area (Å²) in [6, 6.07) is 11.5. The SMILES string of the molecule is Cc1cc(C)cc(OCc2nnc(NC(=O)Nc3ccc(C)c(C)c3)s2)c1. The van der Waals surface area contributed by atoms with Gasteiger partial charge in [0.2, 0.25) is 5.13 Å². The van der Waals surface area contributed by atoms with E-state index in [2.05, 4.69) is 26.9 Å². The molecule has 0 bridgehead atoms. The van der Waals surface area contributed by atoms with Crippen molar-refractivity contribution in [1.82, 2.24) is 10.2 Å². The Morgan fingerprint density at radius 2 is 1.70 bits per heavy atom. The Kier molecular flexibility index (Phi) is 5.71. The number of aromatic nitrogens is 2. The maximum atomic E-state index is 12.1. The van der Waals surface area contributed by atoms with Crippen LogP contribution in [0.2, 0.25) is 0 Å². The molecule has 0 aliphatic carbocycles. The van der Waals surface area contributed by atoms with Crippen molar-refractivity contribution in [3.05, 3.63) is 63.7 Å². The number of hydrogen-bond donors (Lipinski definition) is 2. The van der Waals surface area contributed by atoms with Crippen LogP contribution in [0.25, 0.3) is 0 Å². The minimum absolute atomic E-state index is 0.307. The third kappa shape index (κ3) is 5.27. The second kappa shape index (κ2) is 8.18. The Morgan fingerprint density at radius 1 is 0.963 bits per heavy atom. The van der Waals surface area contributed by atoms with Crippen LogP contribution in [0.1, 0.15) is 27.3 Å². The smallest absolute Gasteiger partial charge is 0.325 e. The van der Waals surface area contributed by atoms with Crippen LogP contribution in [0.4, 0.5) is 15.6 Å². The van der Waals surface area contributed by atoms with Crippen LogP contribution < -0.4 is 15.4 Å². The summed E-state index contributed by atoms with van der Waals surface area (Å²) in [6.07, 6.45) is 0. The third-order valence-corrected chi connectivity index (χ3v) is 4.82. The molecule has 3 aromatic rings. The number of anilines is 2. The molecule has 2 N–H and O–H groups in total. The second-order valence-electron chi connectivity index (χ2n) is 6.49. The number of nitrogens with zero attached hydrogens (tertiary/aromatic N) is 2. The molecule has 0 fully saturated rings. The van der Waals surface area contributed by atoms with Crippen molar-refractivity contribution in [2.24, 2.45) is 0 Å². The van der Waals surface area contributed by atoms with Crippen molar-refractivity contribution >= 4 is 28.2 Å². The van der Waals surface area contributed by atoms with Gasteiger partial charge in [-0.2, -0.15) is 0 Å². The lowest BCUT2D eigenvalue weighted by atomic mass is 10.1. The molecule has 0 saturated heterocycles. The molecule has 0 spiro atoms. The molecule has 140 valence electrons. The van der Waals surface area contributed by atoms with Gasteiger partial charge in [0.25, 0.3) is 0 Å². The van der Waals surface area contributed by atoms with Crippen molar-refractivity contribution in [3.8, 4) is 5.75 Å². The number of aryl methyl sites for hydroxylation is 4. The highest BCUT2D eigenvalue weighted by atomic mass is 32.1. The maximum absolute atomic E-state index is 12.1. The van der Waals surface area contributed by atoms with Gasteiger partial charge in [0, 0.05) is 5.69 Å². The fourth-order valence-corrected chi connectivity index (χ4v) is 3.25. The van der Waals surface area contributed by atoms with Gasteiger partial charge in [-0.15, -0.1) is 10.2 Å². The summed E-state index contributed by atoms with van der Waals surface area (Å²) in [5.74, 6) is 0.796. The number of benzene rings is 2. The molecule has 6 nitrogen and oxygen atoms in total. The molecule has 0 radical (unpaired) electrons. The molecule has 2 amide bonds. The zero-order chi connectivity index (χ0) is 19.4. The zero-order valence-electron chi connectivity index (χ0n) is 15.8. The van der Waals surface area contributed by atoms with Crippen LogP contribution in [0, 0.1) is 27.7 Å². The molecule has 27 heavy (non-hydrogen) atoms. The summed E-state index contributed by atoms with van der Waals surface area (Å²) >= 11 is 1.29. The first kappa shape index (κ1) is 18.8. The molecule has 0 saturated carbocycles. The standard InChI is InChI=1S/C20H22N4O2S/c1-12-7-13(2)9-17(8-12)26-11-18-23-24-20(27-18)22-19(25)21-16-6-5-14(3)15(4)10-16/h5-10H,11H2,1-4H3,(H2,21,22,24,25). The molecule has 0 atom stereocenters. The number of urea groups is 1. The van der Waals surface area contributed by atoms with E-state index in [-0.39, 0.29) is 6.03 Å². The van der Waals surface area contributed by atoms with E-state index in [4.69, 9.17) is 4.74 Å². The van der Waals surface area contributed by atoms with Gasteiger partial charge < -0.3 is 10.1 Å². The Morgan fingerprint density at radius 3 is 2.41 bits per heavy atom. The van der Waals surface area contributed by atoms with E-state index in [1.54, 1.807) is 0 Å². The maximum Gasteiger partial charge on any atom is 0.325 e. The van der Waals surface area contributed by atoms with Gasteiger partial charge in [0.05, 0.1) is 0 Å². The number of carbonyl (C=O) groups excluding carboxylic acids is 1. The third-order valence-electron chi connectivity index (χ3n) is 4.01. The van der Waals surface area contributed by atoms with E-state index < -0.39 is 0 Å². The van der Waals surface area contributed by atoms with Gasteiger partial charge in [0.15, 0.2) is 5.01 Å². The molecule has 0 unspecified atom stereocenters. The molecule has 7 heteroatoms. The molecule has 2 aromatic carbocycles. The topological polar surface area (TPSA) is 76.1 Å². The lowest BCUT2D eigenvalue weighted by molar-refractivity contribution is 0.262. The molecule has 3 rings (SSSR count). The number of ether oxygens (including phenoxy) is 1. The Hall–Kier alpha value is -2.93. The average molecular weight is 382 g/mol. The van der Waals surface area contributed by atoms with E-state index >= 15 is 0 Å². The molecule has 0 aliphatic heterocycles. The first-order valence-corrected chi connectivity index (χ1v) is 9.39. The van der Waals surface area contributed by atoms with Gasteiger partial charge in [0.1, 0.15) is 12.4 Å². The van der Waals surface area contributed by atoms with Crippen molar-refractivity contribution in [3.63, 3.8) is 0 Å². The van der Waals surface area contributed by atoms with Gasteiger partial charge >= 0.3 is 6.03 Å². The van der Waals surface area contributed by atoms with Crippen LogP contribution >= 0.6 is 11.3 Å². The highest BCUT2D eigenvalue weighted by Gasteiger charge is 2.09. The highest BCUT2D eigenvalue weighted by Crippen LogP contribution is 2.21. The van der Waals surface area contributed by atoms with Crippen LogP contribution in [0.5, 0.6) is 5.75 Å². The molecule has 1 aromatic heterocycles. The lowest BCUT2D eigenvalue weighted by Gasteiger charge is -2.07. The van der Waals surface area contributed by atoms with Crippen LogP contribution in [0.3, 0.4) is 0 Å². The van der Waals surface area contributed by atoms with Crippen molar-refractivity contribution in [2.75, 3.05) is 10.6 Å². The quantitative estimate of drug-likeness (QED) is 0.651. The van der Waals surface area contributed by atoms with Crippen LogP contribution in [-0.2, 0) is 6.61 Å². The van der Waals surface area contributed by atoms with E-state index in [1.807, 2.05) is 58.0 Å². The molecule has 1 heterocycles. The van der Waals surface area contributed by atoms with E-state index in [0.29, 0.717) is 16.7 Å². The molecular weight excluding hydrogens is 360 g/mol. The van der Waals surface area contributed by atoms with Gasteiger partial charge in [-0.05, 0) is 74.2 Å².